The second-order valence-corrected chi connectivity index (χ2v) is 6.76. The molecule has 0 saturated carbocycles. The average molecular weight is 425 g/mol. The molecule has 0 radical (unpaired) electrons. The highest BCUT2D eigenvalue weighted by Crippen LogP contribution is 2.23. The summed E-state index contributed by atoms with van der Waals surface area (Å²) in [4.78, 5) is 36.5. The van der Waals surface area contributed by atoms with Crippen LogP contribution in [0.25, 0.3) is 0 Å². The van der Waals surface area contributed by atoms with Crippen molar-refractivity contribution in [3.8, 4) is 0 Å². The maximum Gasteiger partial charge on any atom is 0.338 e. The molecule has 3 rings (SSSR count). The molecule has 1 heterocycles. The molecule has 0 aromatic heterocycles. The van der Waals surface area contributed by atoms with Crippen LogP contribution in [0.1, 0.15) is 27.6 Å². The number of carbonyl (C=O) groups is 3. The van der Waals surface area contributed by atoms with Crippen molar-refractivity contribution in [2.45, 2.75) is 25.4 Å². The monoisotopic (exact) mass is 425 g/mol. The predicted molar refractivity (Wildman–Crippen MR) is 110 cm³/mol. The Morgan fingerprint density at radius 1 is 0.935 bits per heavy atom. The predicted octanol–water partition coefficient (Wildman–Crippen LogP) is 2.46. The number of ether oxygens (including phenoxy) is 4. The highest BCUT2D eigenvalue weighted by atomic mass is 16.7. The molecule has 8 nitrogen and oxygen atoms in total. The van der Waals surface area contributed by atoms with E-state index < -0.39 is 30.4 Å². The highest BCUT2D eigenvalue weighted by molar-refractivity contribution is 5.90. The summed E-state index contributed by atoms with van der Waals surface area (Å²) in [5.74, 6) is -1.21. The van der Waals surface area contributed by atoms with E-state index in [0.717, 1.165) is 0 Å². The van der Waals surface area contributed by atoms with Gasteiger partial charge in [0.05, 0.1) is 11.1 Å². The number of carbonyl (C=O) groups excluding carboxylic acids is 3. The van der Waals surface area contributed by atoms with Crippen molar-refractivity contribution in [2.75, 3.05) is 13.7 Å². The van der Waals surface area contributed by atoms with E-state index in [2.05, 4.69) is 5.32 Å². The Morgan fingerprint density at radius 2 is 1.52 bits per heavy atom. The molecule has 8 heteroatoms. The molecule has 31 heavy (non-hydrogen) atoms. The minimum absolute atomic E-state index is 0.195. The normalized spacial score (nSPS) is 20.1. The molecule has 3 atom stereocenters. The second-order valence-electron chi connectivity index (χ2n) is 6.76. The van der Waals surface area contributed by atoms with Gasteiger partial charge in [0.1, 0.15) is 18.4 Å². The summed E-state index contributed by atoms with van der Waals surface area (Å²) in [6, 6.07) is 16.2. The van der Waals surface area contributed by atoms with Gasteiger partial charge in [0, 0.05) is 14.0 Å². The molecule has 2 aromatic rings. The van der Waals surface area contributed by atoms with Crippen molar-refractivity contribution < 1.29 is 33.3 Å². The number of amides is 1. The Hall–Kier alpha value is -3.65. The number of esters is 2. The van der Waals surface area contributed by atoms with Crippen molar-refractivity contribution >= 4 is 17.8 Å². The van der Waals surface area contributed by atoms with E-state index in [-0.39, 0.29) is 18.3 Å². The van der Waals surface area contributed by atoms with Crippen molar-refractivity contribution in [1.82, 2.24) is 5.32 Å². The van der Waals surface area contributed by atoms with Gasteiger partial charge in [0.2, 0.25) is 12.2 Å². The van der Waals surface area contributed by atoms with Gasteiger partial charge in [-0.2, -0.15) is 0 Å². The van der Waals surface area contributed by atoms with Gasteiger partial charge >= 0.3 is 11.9 Å². The van der Waals surface area contributed by atoms with Crippen LogP contribution in [0.3, 0.4) is 0 Å². The molecule has 1 aliphatic rings. The van der Waals surface area contributed by atoms with Gasteiger partial charge in [-0.05, 0) is 30.3 Å². The van der Waals surface area contributed by atoms with Crippen molar-refractivity contribution in [2.24, 2.45) is 0 Å². The zero-order valence-corrected chi connectivity index (χ0v) is 17.1. The lowest BCUT2D eigenvalue weighted by Crippen LogP contribution is -2.55. The lowest BCUT2D eigenvalue weighted by atomic mass is 10.1. The lowest BCUT2D eigenvalue weighted by Gasteiger charge is -2.36. The Bertz CT molecular complexity index is 943. The van der Waals surface area contributed by atoms with Crippen LogP contribution >= 0.6 is 0 Å². The molecule has 2 aromatic carbocycles. The van der Waals surface area contributed by atoms with E-state index in [1.807, 2.05) is 0 Å². The first-order valence-corrected chi connectivity index (χ1v) is 9.63. The van der Waals surface area contributed by atoms with E-state index in [9.17, 15) is 14.4 Å². The zero-order chi connectivity index (χ0) is 22.2. The van der Waals surface area contributed by atoms with Gasteiger partial charge in [-0.1, -0.05) is 36.4 Å². The standard InChI is InChI=1S/C23H23NO7/c1-15(25)24-20-19(31-22(27)17-11-7-4-8-12-17)13-18(30-23(20)28-2)14-29-21(26)16-9-5-3-6-10-16/h3-13,19-20,23H,14H2,1-2H3,(H,24,25)/t19-,20+,23+/m0/s1. The minimum atomic E-state index is -0.951. The molecular weight excluding hydrogens is 402 g/mol. The molecule has 0 fully saturated rings. The van der Waals surface area contributed by atoms with E-state index in [1.165, 1.54) is 20.1 Å². The first-order valence-electron chi connectivity index (χ1n) is 9.63. The number of hydrogen-bond donors (Lipinski definition) is 1. The van der Waals surface area contributed by atoms with Crippen LogP contribution in [-0.2, 0) is 23.7 Å². The quantitative estimate of drug-likeness (QED) is 0.680. The number of methoxy groups -OCH3 is 1. The van der Waals surface area contributed by atoms with Crippen molar-refractivity contribution in [3.05, 3.63) is 83.6 Å². The minimum Gasteiger partial charge on any atom is -0.463 e. The van der Waals surface area contributed by atoms with Gasteiger partial charge in [0.25, 0.3) is 0 Å². The summed E-state index contributed by atoms with van der Waals surface area (Å²) in [5, 5.41) is 2.68. The molecule has 0 saturated heterocycles. The van der Waals surface area contributed by atoms with Gasteiger partial charge < -0.3 is 24.3 Å². The summed E-state index contributed by atoms with van der Waals surface area (Å²) < 4.78 is 22.0. The van der Waals surface area contributed by atoms with Crippen molar-refractivity contribution in [1.29, 1.82) is 0 Å². The zero-order valence-electron chi connectivity index (χ0n) is 17.1. The third-order valence-corrected chi connectivity index (χ3v) is 4.47. The molecule has 1 N–H and O–H groups in total. The molecule has 1 aliphatic heterocycles. The summed E-state index contributed by atoms with van der Waals surface area (Å²) in [6.45, 7) is 1.14. The van der Waals surface area contributed by atoms with Crippen LogP contribution in [-0.4, -0.2) is 50.0 Å². The molecule has 162 valence electrons. The Labute approximate surface area is 179 Å². The second kappa shape index (κ2) is 10.4. The molecule has 0 unspecified atom stereocenters. The number of hydrogen-bond acceptors (Lipinski definition) is 7. The number of nitrogens with one attached hydrogen (secondary N) is 1. The van der Waals surface area contributed by atoms with Gasteiger partial charge in [-0.15, -0.1) is 0 Å². The number of rotatable bonds is 7. The smallest absolute Gasteiger partial charge is 0.338 e. The Balaban J connectivity index is 1.77. The fourth-order valence-electron chi connectivity index (χ4n) is 3.03. The fourth-order valence-corrected chi connectivity index (χ4v) is 3.03. The van der Waals surface area contributed by atoms with Gasteiger partial charge in [-0.25, -0.2) is 9.59 Å². The molecule has 0 aliphatic carbocycles. The van der Waals surface area contributed by atoms with Crippen LogP contribution in [0.5, 0.6) is 0 Å². The first-order chi connectivity index (χ1) is 15.0. The first kappa shape index (κ1) is 22.0. The summed E-state index contributed by atoms with van der Waals surface area (Å²) in [7, 11) is 1.40. The van der Waals surface area contributed by atoms with E-state index in [0.29, 0.717) is 11.1 Å². The Kier molecular flexibility index (Phi) is 7.40. The van der Waals surface area contributed by atoms with E-state index in [4.69, 9.17) is 18.9 Å². The van der Waals surface area contributed by atoms with Crippen LogP contribution in [0.15, 0.2) is 72.5 Å². The topological polar surface area (TPSA) is 100 Å². The molecule has 0 bridgehead atoms. The van der Waals surface area contributed by atoms with Gasteiger partial charge in [-0.3, -0.25) is 4.79 Å². The van der Waals surface area contributed by atoms with E-state index >= 15 is 0 Å². The maximum absolute atomic E-state index is 12.6. The summed E-state index contributed by atoms with van der Waals surface area (Å²) in [5.41, 5.74) is 0.750. The largest absolute Gasteiger partial charge is 0.463 e. The molecule has 1 amide bonds. The fraction of sp³-hybridized carbons (Fsp3) is 0.261. The van der Waals surface area contributed by atoms with Gasteiger partial charge in [0.15, 0.2) is 6.10 Å². The average Bonchev–Trinajstić information content (AvgIpc) is 2.79. The SMILES string of the molecule is CO[C@@H]1OC(COC(=O)c2ccccc2)=C[C@H](OC(=O)c2ccccc2)[C@H]1NC(C)=O. The van der Waals surface area contributed by atoms with Crippen LogP contribution in [0.2, 0.25) is 0 Å². The third kappa shape index (κ3) is 5.93. The summed E-state index contributed by atoms with van der Waals surface area (Å²) in [6.07, 6.45) is -0.358. The third-order valence-electron chi connectivity index (χ3n) is 4.47. The van der Waals surface area contributed by atoms with Crippen LogP contribution < -0.4 is 5.32 Å². The van der Waals surface area contributed by atoms with Crippen LogP contribution in [0.4, 0.5) is 0 Å². The molecular formula is C23H23NO7. The highest BCUT2D eigenvalue weighted by Gasteiger charge is 2.38. The lowest BCUT2D eigenvalue weighted by molar-refractivity contribution is -0.154. The van der Waals surface area contributed by atoms with Crippen LogP contribution in [0, 0.1) is 0 Å². The van der Waals surface area contributed by atoms with Crippen molar-refractivity contribution in [3.63, 3.8) is 0 Å². The number of benzene rings is 2. The maximum atomic E-state index is 12.6. The van der Waals surface area contributed by atoms with E-state index in [1.54, 1.807) is 60.7 Å². The molecule has 0 spiro atoms. The summed E-state index contributed by atoms with van der Waals surface area (Å²) >= 11 is 0. The Morgan fingerprint density at radius 3 is 2.06 bits per heavy atom.